The molecule has 0 amide bonds. The summed E-state index contributed by atoms with van der Waals surface area (Å²) in [6, 6.07) is 12.1. The molecule has 0 aromatic heterocycles. The first kappa shape index (κ1) is 20.1. The number of alkyl halides is 2. The summed E-state index contributed by atoms with van der Waals surface area (Å²) in [6.45, 7) is 1.79. The molecule has 1 atom stereocenters. The molecule has 3 aromatic rings. The van der Waals surface area contributed by atoms with Crippen molar-refractivity contribution < 1.29 is 27.3 Å². The highest BCUT2D eigenvalue weighted by Gasteiger charge is 2.17. The zero-order valence-electron chi connectivity index (χ0n) is 14.9. The van der Waals surface area contributed by atoms with Crippen molar-refractivity contribution in [3.8, 4) is 0 Å². The van der Waals surface area contributed by atoms with Crippen molar-refractivity contribution in [3.63, 3.8) is 0 Å². The fourth-order valence-electron chi connectivity index (χ4n) is 3.23. The van der Waals surface area contributed by atoms with E-state index < -0.39 is 28.3 Å². The van der Waals surface area contributed by atoms with Gasteiger partial charge in [0.1, 0.15) is 16.6 Å². The van der Waals surface area contributed by atoms with E-state index in [9.17, 15) is 22.2 Å². The van der Waals surface area contributed by atoms with Gasteiger partial charge < -0.3 is 5.11 Å². The van der Waals surface area contributed by atoms with E-state index in [1.54, 1.807) is 31.2 Å². The zero-order valence-corrected chi connectivity index (χ0v) is 15.7. The quantitative estimate of drug-likeness (QED) is 0.638. The van der Waals surface area contributed by atoms with Crippen molar-refractivity contribution >= 4 is 27.5 Å². The molecule has 0 aliphatic rings. The molecule has 0 heterocycles. The highest BCUT2D eigenvalue weighted by molar-refractivity contribution is 7.85. The van der Waals surface area contributed by atoms with E-state index >= 15 is 0 Å². The van der Waals surface area contributed by atoms with Crippen LogP contribution < -0.4 is 0 Å². The van der Waals surface area contributed by atoms with Crippen LogP contribution in [0, 0.1) is 12.7 Å². The maximum Gasteiger partial charge on any atom is 0.316 e. The average Bonchev–Trinajstić information content (AvgIpc) is 2.65. The monoisotopic (exact) mass is 406 g/mol. The second-order valence-corrected chi connectivity index (χ2v) is 7.88. The van der Waals surface area contributed by atoms with Crippen molar-refractivity contribution in [3.05, 3.63) is 76.6 Å². The third-order valence-corrected chi connectivity index (χ3v) is 5.71. The molecule has 146 valence electrons. The van der Waals surface area contributed by atoms with E-state index in [0.29, 0.717) is 17.4 Å². The van der Waals surface area contributed by atoms with Crippen LogP contribution >= 0.6 is 0 Å². The van der Waals surface area contributed by atoms with Crippen LogP contribution in [0.3, 0.4) is 0 Å². The molecule has 28 heavy (non-hydrogen) atoms. The molecule has 3 nitrogen and oxygen atoms in total. The van der Waals surface area contributed by atoms with Gasteiger partial charge in [-0.15, -0.1) is 0 Å². The SMILES string of the molecule is Cc1c(CC(=O)O)cc2ccc(F)cc2c1Cc1ccc(S(=O)C(F)F)cc1. The van der Waals surface area contributed by atoms with E-state index in [2.05, 4.69) is 0 Å². The van der Waals surface area contributed by atoms with Crippen LogP contribution in [0.4, 0.5) is 13.2 Å². The number of benzene rings is 3. The van der Waals surface area contributed by atoms with Gasteiger partial charge in [-0.1, -0.05) is 24.3 Å². The molecule has 1 N–H and O–H groups in total. The van der Waals surface area contributed by atoms with Crippen LogP contribution in [0.2, 0.25) is 0 Å². The van der Waals surface area contributed by atoms with Gasteiger partial charge in [0.2, 0.25) is 0 Å². The lowest BCUT2D eigenvalue weighted by atomic mass is 9.90. The molecule has 0 aliphatic carbocycles. The van der Waals surface area contributed by atoms with Crippen LogP contribution in [0.15, 0.2) is 53.4 Å². The lowest BCUT2D eigenvalue weighted by molar-refractivity contribution is -0.136. The number of hydrogen-bond acceptors (Lipinski definition) is 2. The van der Waals surface area contributed by atoms with Gasteiger partial charge in [0, 0.05) is 4.90 Å². The lowest BCUT2D eigenvalue weighted by Crippen LogP contribution is -2.06. The van der Waals surface area contributed by atoms with Crippen molar-refractivity contribution in [2.75, 3.05) is 0 Å². The molecule has 0 saturated heterocycles. The summed E-state index contributed by atoms with van der Waals surface area (Å²) in [4.78, 5) is 11.2. The van der Waals surface area contributed by atoms with Gasteiger partial charge in [-0.05, 0) is 70.6 Å². The highest BCUT2D eigenvalue weighted by Crippen LogP contribution is 2.29. The third kappa shape index (κ3) is 4.25. The first-order valence-electron chi connectivity index (χ1n) is 8.46. The third-order valence-electron chi connectivity index (χ3n) is 4.64. The topological polar surface area (TPSA) is 54.4 Å². The Kier molecular flexibility index (Phi) is 5.84. The van der Waals surface area contributed by atoms with Crippen molar-refractivity contribution in [2.45, 2.75) is 30.4 Å². The summed E-state index contributed by atoms with van der Waals surface area (Å²) >= 11 is 0. The Bertz CT molecular complexity index is 1060. The molecule has 1 unspecified atom stereocenters. The van der Waals surface area contributed by atoms with Crippen LogP contribution in [0.25, 0.3) is 10.8 Å². The number of rotatable bonds is 6. The largest absolute Gasteiger partial charge is 0.481 e. The zero-order chi connectivity index (χ0) is 20.4. The predicted molar refractivity (Wildman–Crippen MR) is 102 cm³/mol. The van der Waals surface area contributed by atoms with Gasteiger partial charge in [-0.2, -0.15) is 8.78 Å². The van der Waals surface area contributed by atoms with Gasteiger partial charge >= 0.3 is 11.7 Å². The van der Waals surface area contributed by atoms with Crippen LogP contribution in [-0.2, 0) is 28.4 Å². The van der Waals surface area contributed by atoms with E-state index in [4.69, 9.17) is 5.11 Å². The minimum absolute atomic E-state index is 0.0333. The van der Waals surface area contributed by atoms with Gasteiger partial charge in [-0.3, -0.25) is 4.79 Å². The molecule has 0 spiro atoms. The molecule has 0 bridgehead atoms. The highest BCUT2D eigenvalue weighted by atomic mass is 32.2. The molecule has 0 fully saturated rings. The summed E-state index contributed by atoms with van der Waals surface area (Å²) in [7, 11) is -2.38. The Labute approximate surface area is 162 Å². The molecule has 7 heteroatoms. The summed E-state index contributed by atoms with van der Waals surface area (Å²) in [5.41, 5.74) is 2.92. The van der Waals surface area contributed by atoms with E-state index in [0.717, 1.165) is 22.1 Å². The second-order valence-electron chi connectivity index (χ2n) is 6.45. The fraction of sp³-hybridized carbons (Fsp3) is 0.190. The number of halogens is 3. The standard InChI is InChI=1S/C21H17F3O3S/c1-12-15(10-20(25)26)9-14-4-5-16(22)11-19(14)18(12)8-13-2-6-17(7-3-13)28(27)21(23)24/h2-7,9,11,21H,8,10H2,1H3,(H,25,26). The Balaban J connectivity index is 2.06. The predicted octanol–water partition coefficient (Wildman–Crippen LogP) is 4.84. The number of hydrogen-bond donors (Lipinski definition) is 1. The molecular formula is C21H17F3O3S. The number of fused-ring (bicyclic) bond motifs is 1. The minimum atomic E-state index is -2.95. The smallest absolute Gasteiger partial charge is 0.316 e. The number of aliphatic carboxylic acids is 1. The summed E-state index contributed by atoms with van der Waals surface area (Å²) in [6.07, 6.45) is 0.208. The van der Waals surface area contributed by atoms with E-state index in [1.165, 1.54) is 24.3 Å². The van der Waals surface area contributed by atoms with Gasteiger partial charge in [0.15, 0.2) is 0 Å². The lowest BCUT2D eigenvalue weighted by Gasteiger charge is -2.15. The van der Waals surface area contributed by atoms with Gasteiger partial charge in [-0.25, -0.2) is 8.60 Å². The number of carboxylic acids is 1. The van der Waals surface area contributed by atoms with Gasteiger partial charge in [0.05, 0.1) is 6.42 Å². The Morgan fingerprint density at radius 2 is 1.79 bits per heavy atom. The second kappa shape index (κ2) is 8.14. The van der Waals surface area contributed by atoms with Crippen molar-refractivity contribution in [1.82, 2.24) is 0 Å². The summed E-state index contributed by atoms with van der Waals surface area (Å²) in [5.74, 6) is -4.32. The minimum Gasteiger partial charge on any atom is -0.481 e. The maximum absolute atomic E-state index is 13.8. The first-order chi connectivity index (χ1) is 13.3. The number of carbonyl (C=O) groups is 1. The number of carboxylic acid groups (broad SMARTS) is 1. The molecule has 0 radical (unpaired) electrons. The van der Waals surface area contributed by atoms with Crippen molar-refractivity contribution in [2.24, 2.45) is 0 Å². The molecule has 3 rings (SSSR count). The molecule has 0 saturated carbocycles. The fourth-order valence-corrected chi connectivity index (χ4v) is 3.84. The Hall–Kier alpha value is -2.67. The summed E-state index contributed by atoms with van der Waals surface area (Å²) in [5, 5.41) is 10.6. The first-order valence-corrected chi connectivity index (χ1v) is 9.67. The van der Waals surface area contributed by atoms with Gasteiger partial charge in [0.25, 0.3) is 0 Å². The van der Waals surface area contributed by atoms with Crippen LogP contribution in [0.5, 0.6) is 0 Å². The average molecular weight is 406 g/mol. The maximum atomic E-state index is 13.8. The van der Waals surface area contributed by atoms with Crippen LogP contribution in [0.1, 0.15) is 22.3 Å². The van der Waals surface area contributed by atoms with Crippen molar-refractivity contribution in [1.29, 1.82) is 0 Å². The van der Waals surface area contributed by atoms with E-state index in [-0.39, 0.29) is 11.3 Å². The Morgan fingerprint density at radius 3 is 2.39 bits per heavy atom. The van der Waals surface area contributed by atoms with E-state index in [1.807, 2.05) is 0 Å². The molecule has 3 aromatic carbocycles. The summed E-state index contributed by atoms with van der Waals surface area (Å²) < 4.78 is 50.5. The molecular weight excluding hydrogens is 389 g/mol. The Morgan fingerprint density at radius 1 is 1.11 bits per heavy atom. The molecule has 0 aliphatic heterocycles. The normalized spacial score (nSPS) is 12.5. The van der Waals surface area contributed by atoms with Crippen LogP contribution in [-0.4, -0.2) is 21.0 Å².